The van der Waals surface area contributed by atoms with Gasteiger partial charge < -0.3 is 20.3 Å². The van der Waals surface area contributed by atoms with Gasteiger partial charge in [-0.1, -0.05) is 26.0 Å². The van der Waals surface area contributed by atoms with E-state index in [2.05, 4.69) is 36.6 Å². The lowest BCUT2D eigenvalue weighted by molar-refractivity contribution is 0.0601. The minimum atomic E-state index is -0.504. The first kappa shape index (κ1) is 24.8. The summed E-state index contributed by atoms with van der Waals surface area (Å²) in [5.41, 5.74) is 3.04. The highest BCUT2D eigenvalue weighted by Gasteiger charge is 2.27. The molecule has 1 amide bonds. The molecule has 1 heterocycles. The molecule has 0 saturated heterocycles. The van der Waals surface area contributed by atoms with Crippen molar-refractivity contribution in [3.8, 4) is 0 Å². The number of thiocarbonyl (C=S) groups is 1. The van der Waals surface area contributed by atoms with Gasteiger partial charge in [0.1, 0.15) is 5.00 Å². The number of esters is 1. The summed E-state index contributed by atoms with van der Waals surface area (Å²) in [6, 6.07) is 8.11. The van der Waals surface area contributed by atoms with Crippen LogP contribution in [0.5, 0.6) is 0 Å². The molecule has 2 rings (SSSR count). The van der Waals surface area contributed by atoms with Crippen LogP contribution in [0.15, 0.2) is 24.3 Å². The molecule has 8 heteroatoms. The summed E-state index contributed by atoms with van der Waals surface area (Å²) in [5.74, 6) is -0.113. The largest absolute Gasteiger partial charge is 0.465 e. The Balaban J connectivity index is 2.26. The molecule has 1 aromatic carbocycles. The van der Waals surface area contributed by atoms with Crippen molar-refractivity contribution < 1.29 is 14.3 Å². The molecule has 2 aromatic rings. The fourth-order valence-electron chi connectivity index (χ4n) is 3.20. The Morgan fingerprint density at radius 3 is 2.26 bits per heavy atom. The predicted molar refractivity (Wildman–Crippen MR) is 133 cm³/mol. The summed E-state index contributed by atoms with van der Waals surface area (Å²) in [4.78, 5) is 27.6. The number of hydrogen-bond acceptors (Lipinski definition) is 5. The Morgan fingerprint density at radius 2 is 1.74 bits per heavy atom. The number of carbonyl (C=O) groups excluding carboxylic acids is 2. The van der Waals surface area contributed by atoms with E-state index in [1.54, 1.807) is 11.8 Å². The molecule has 0 aliphatic heterocycles. The molecule has 0 fully saturated rings. The van der Waals surface area contributed by atoms with Gasteiger partial charge in [-0.25, -0.2) is 4.79 Å². The summed E-state index contributed by atoms with van der Waals surface area (Å²) < 4.78 is 4.95. The average molecular weight is 462 g/mol. The third kappa shape index (κ3) is 5.83. The van der Waals surface area contributed by atoms with Crippen LogP contribution in [0, 0.1) is 6.92 Å². The van der Waals surface area contributed by atoms with Crippen molar-refractivity contribution in [2.24, 2.45) is 0 Å². The van der Waals surface area contributed by atoms with Crippen LogP contribution in [0.4, 0.5) is 10.7 Å². The summed E-state index contributed by atoms with van der Waals surface area (Å²) in [7, 11) is 1.32. The van der Waals surface area contributed by atoms with Gasteiger partial charge in [0.15, 0.2) is 5.11 Å². The number of nitrogens with one attached hydrogen (secondary N) is 2. The maximum absolute atomic E-state index is 12.9. The van der Waals surface area contributed by atoms with Crippen LogP contribution in [0.25, 0.3) is 0 Å². The van der Waals surface area contributed by atoms with Gasteiger partial charge in [0.25, 0.3) is 5.91 Å². The summed E-state index contributed by atoms with van der Waals surface area (Å²) in [6.07, 6.45) is 1.08. The molecule has 1 atom stereocenters. The zero-order valence-corrected chi connectivity index (χ0v) is 20.6. The van der Waals surface area contributed by atoms with Crippen LogP contribution in [0.2, 0.25) is 0 Å². The van der Waals surface area contributed by atoms with Gasteiger partial charge in [-0.2, -0.15) is 0 Å². The molecule has 0 aliphatic rings. The van der Waals surface area contributed by atoms with Gasteiger partial charge in [-0.15, -0.1) is 11.3 Å². The quantitative estimate of drug-likeness (QED) is 0.391. The van der Waals surface area contributed by atoms with E-state index in [1.807, 2.05) is 26.0 Å². The molecule has 168 valence electrons. The van der Waals surface area contributed by atoms with E-state index < -0.39 is 5.97 Å². The van der Waals surface area contributed by atoms with Gasteiger partial charge in [0.2, 0.25) is 0 Å². The molecule has 31 heavy (non-hydrogen) atoms. The van der Waals surface area contributed by atoms with E-state index in [9.17, 15) is 9.59 Å². The standard InChI is InChI=1S/C23H31N3O3S2/c1-7-14(4)16-10-12-17(13-11-16)24-23(30)25-20-18(22(28)29-6)15(5)19(31-20)21(27)26(8-2)9-3/h10-14H,7-9H2,1-6H3,(H2,24,25,30). The molecular formula is C23H31N3O3S2. The average Bonchev–Trinajstić information content (AvgIpc) is 3.09. The molecule has 1 aromatic heterocycles. The normalized spacial score (nSPS) is 11.5. The lowest BCUT2D eigenvalue weighted by atomic mass is 9.99. The van der Waals surface area contributed by atoms with E-state index in [0.717, 1.165) is 12.1 Å². The van der Waals surface area contributed by atoms with E-state index >= 15 is 0 Å². The van der Waals surface area contributed by atoms with Crippen LogP contribution in [0.3, 0.4) is 0 Å². The summed E-state index contributed by atoms with van der Waals surface area (Å²) in [6.45, 7) is 11.2. The van der Waals surface area contributed by atoms with Crippen LogP contribution in [-0.2, 0) is 4.74 Å². The number of anilines is 2. The molecule has 0 bridgehead atoms. The zero-order chi connectivity index (χ0) is 23.1. The molecule has 2 N–H and O–H groups in total. The van der Waals surface area contributed by atoms with Gasteiger partial charge in [0.05, 0.1) is 17.6 Å². The highest BCUT2D eigenvalue weighted by atomic mass is 32.1. The second kappa shape index (κ2) is 11.2. The minimum Gasteiger partial charge on any atom is -0.465 e. The smallest absolute Gasteiger partial charge is 0.341 e. The van der Waals surface area contributed by atoms with E-state index in [1.165, 1.54) is 24.0 Å². The number of benzene rings is 1. The van der Waals surface area contributed by atoms with Crippen LogP contribution >= 0.6 is 23.6 Å². The fourth-order valence-corrected chi connectivity index (χ4v) is 4.66. The maximum Gasteiger partial charge on any atom is 0.341 e. The number of thiophene rings is 1. The molecular weight excluding hydrogens is 430 g/mol. The third-order valence-electron chi connectivity index (χ3n) is 5.36. The van der Waals surface area contributed by atoms with E-state index in [-0.39, 0.29) is 5.91 Å². The molecule has 1 unspecified atom stereocenters. The van der Waals surface area contributed by atoms with Crippen LogP contribution < -0.4 is 10.6 Å². The molecule has 0 spiro atoms. The first-order valence-corrected chi connectivity index (χ1v) is 11.7. The Kier molecular flexibility index (Phi) is 9.00. The number of amides is 1. The number of carbonyl (C=O) groups is 2. The molecule has 0 radical (unpaired) electrons. The first-order chi connectivity index (χ1) is 14.8. The highest BCUT2D eigenvalue weighted by molar-refractivity contribution is 7.80. The fraction of sp³-hybridized carbons (Fsp3) is 0.435. The lowest BCUT2D eigenvalue weighted by Gasteiger charge is -2.18. The molecule has 0 saturated carbocycles. The van der Waals surface area contributed by atoms with Crippen molar-refractivity contribution in [3.63, 3.8) is 0 Å². The SMILES string of the molecule is CCC(C)c1ccc(NC(=S)Nc2sc(C(=O)N(CC)CC)c(C)c2C(=O)OC)cc1. The van der Waals surface area contributed by atoms with Gasteiger partial charge in [-0.3, -0.25) is 4.79 Å². The number of hydrogen-bond donors (Lipinski definition) is 2. The monoisotopic (exact) mass is 461 g/mol. The van der Waals surface area contributed by atoms with Crippen molar-refractivity contribution in [2.45, 2.75) is 47.0 Å². The van der Waals surface area contributed by atoms with Crippen molar-refractivity contribution in [3.05, 3.63) is 45.8 Å². The molecule has 0 aliphatic carbocycles. The Bertz CT molecular complexity index is 934. The van der Waals surface area contributed by atoms with E-state index in [4.69, 9.17) is 17.0 Å². The number of rotatable bonds is 8. The van der Waals surface area contributed by atoms with Crippen molar-refractivity contribution >= 4 is 51.2 Å². The highest BCUT2D eigenvalue weighted by Crippen LogP contribution is 2.34. The first-order valence-electron chi connectivity index (χ1n) is 10.5. The second-order valence-corrected chi connectivity index (χ2v) is 8.67. The number of nitrogens with zero attached hydrogens (tertiary/aromatic N) is 1. The van der Waals surface area contributed by atoms with E-state index in [0.29, 0.717) is 45.1 Å². The Labute approximate surface area is 194 Å². The summed E-state index contributed by atoms with van der Waals surface area (Å²) in [5, 5.41) is 7.05. The van der Waals surface area contributed by atoms with Gasteiger partial charge in [-0.05, 0) is 68.6 Å². The Morgan fingerprint density at radius 1 is 1.13 bits per heavy atom. The number of methoxy groups -OCH3 is 1. The van der Waals surface area contributed by atoms with Crippen molar-refractivity contribution in [1.29, 1.82) is 0 Å². The number of ether oxygens (including phenoxy) is 1. The summed E-state index contributed by atoms with van der Waals surface area (Å²) >= 11 is 6.67. The second-order valence-electron chi connectivity index (χ2n) is 7.24. The minimum absolute atomic E-state index is 0.106. The van der Waals surface area contributed by atoms with Gasteiger partial charge in [0, 0.05) is 18.8 Å². The van der Waals surface area contributed by atoms with Crippen LogP contribution in [-0.4, -0.2) is 42.1 Å². The Hall–Kier alpha value is -2.45. The molecule has 6 nitrogen and oxygen atoms in total. The topological polar surface area (TPSA) is 70.7 Å². The zero-order valence-electron chi connectivity index (χ0n) is 19.0. The third-order valence-corrected chi connectivity index (χ3v) is 6.76. The maximum atomic E-state index is 12.9. The van der Waals surface area contributed by atoms with Crippen LogP contribution in [0.1, 0.15) is 71.2 Å². The lowest BCUT2D eigenvalue weighted by Crippen LogP contribution is -2.30. The predicted octanol–water partition coefficient (Wildman–Crippen LogP) is 5.65. The van der Waals surface area contributed by atoms with Crippen molar-refractivity contribution in [2.75, 3.05) is 30.8 Å². The van der Waals surface area contributed by atoms with Gasteiger partial charge >= 0.3 is 5.97 Å². The van der Waals surface area contributed by atoms with Crippen molar-refractivity contribution in [1.82, 2.24) is 4.90 Å².